The van der Waals surface area contributed by atoms with Gasteiger partial charge in [-0.05, 0) is 67.8 Å². The van der Waals surface area contributed by atoms with E-state index in [4.69, 9.17) is 5.73 Å². The predicted octanol–water partition coefficient (Wildman–Crippen LogP) is 3.61. The van der Waals surface area contributed by atoms with Crippen molar-refractivity contribution < 1.29 is 48.0 Å². The van der Waals surface area contributed by atoms with Crippen LogP contribution in [0.25, 0.3) is 0 Å². The van der Waals surface area contributed by atoms with Crippen molar-refractivity contribution in [2.24, 2.45) is 23.5 Å². The number of nitrogens with two attached hydrogens (primary N) is 1. The van der Waals surface area contributed by atoms with Crippen LogP contribution in [-0.4, -0.2) is 61.5 Å². The molecule has 1 unspecified atom stereocenters. The Hall–Kier alpha value is -3.38. The van der Waals surface area contributed by atoms with E-state index >= 15 is 0 Å². The first kappa shape index (κ1) is 29.1. The van der Waals surface area contributed by atoms with Gasteiger partial charge in [-0.1, -0.05) is 19.8 Å². The number of aliphatic hydroxyl groups excluding tert-OH is 2. The Kier molecular flexibility index (Phi) is 7.22. The van der Waals surface area contributed by atoms with Crippen LogP contribution >= 0.6 is 0 Å². The van der Waals surface area contributed by atoms with E-state index in [1.807, 2.05) is 4.90 Å². The first-order chi connectivity index (χ1) is 19.2. The second kappa shape index (κ2) is 10.2. The summed E-state index contributed by atoms with van der Waals surface area (Å²) in [4.78, 5) is 40.3. The van der Waals surface area contributed by atoms with Crippen LogP contribution in [0.2, 0.25) is 0 Å². The maximum atomic E-state index is 14.6. The fourth-order valence-corrected chi connectivity index (χ4v) is 7.32. The van der Waals surface area contributed by atoms with Crippen LogP contribution in [0.15, 0.2) is 28.7 Å². The summed E-state index contributed by atoms with van der Waals surface area (Å²) in [6.45, 7) is 3.25. The number of likely N-dealkylation sites (tertiary alicyclic amines) is 1. The second-order valence-electron chi connectivity index (χ2n) is 11.7. The summed E-state index contributed by atoms with van der Waals surface area (Å²) in [5.41, 5.74) is -1.21. The molecule has 3 aliphatic carbocycles. The number of piperidine rings is 1. The van der Waals surface area contributed by atoms with Crippen molar-refractivity contribution in [3.63, 3.8) is 0 Å². The number of nitrogens with zero attached hydrogens (tertiary/aromatic N) is 1. The van der Waals surface area contributed by atoms with Crippen LogP contribution in [0.3, 0.4) is 0 Å². The molecule has 222 valence electrons. The van der Waals surface area contributed by atoms with Crippen LogP contribution in [0.5, 0.6) is 5.75 Å². The number of aliphatic hydroxyl groups is 3. The molecule has 1 fully saturated rings. The lowest BCUT2D eigenvalue weighted by atomic mass is 9.60. The number of halogens is 3. The topological polar surface area (TPSA) is 161 Å². The molecule has 1 heterocycles. The Morgan fingerprint density at radius 1 is 1.15 bits per heavy atom. The Morgan fingerprint density at radius 3 is 2.39 bits per heavy atom. The predicted molar refractivity (Wildman–Crippen MR) is 139 cm³/mol. The highest BCUT2D eigenvalue weighted by Gasteiger charge is 2.60. The van der Waals surface area contributed by atoms with E-state index < -0.39 is 99.0 Å². The minimum absolute atomic E-state index is 0.0627. The number of hydrogen-bond donors (Lipinski definition) is 5. The molecule has 41 heavy (non-hydrogen) atoms. The lowest BCUT2D eigenvalue weighted by molar-refractivity contribution is -0.144. The highest BCUT2D eigenvalue weighted by Crippen LogP contribution is 2.53. The van der Waals surface area contributed by atoms with Crippen LogP contribution in [0.4, 0.5) is 13.2 Å². The molecule has 1 aromatic rings. The lowest BCUT2D eigenvalue weighted by Gasteiger charge is -2.45. The standard InChI is InChI=1S/C29H33F3N2O7/c1-2-3-13-4-6-34(7-5-13)12-15-10-18(35)21-17(23(15)29(30,31)32)9-14-8-16-11-19(36)22(27(33)40)26(39)28(16,41)25(38)20(14)24(21)37/h10,13-14,16,35-36,38,41H,2-9,11-12H2,1H3,(H2,33,40)/t14?,16-,28-/m0/s1. The zero-order chi connectivity index (χ0) is 30.0. The number of carbonyl (C=O) groups excluding carboxylic acids is 3. The third-order valence-corrected chi connectivity index (χ3v) is 9.23. The molecule has 5 rings (SSSR count). The zero-order valence-electron chi connectivity index (χ0n) is 22.6. The fraction of sp³-hybridized carbons (Fsp3) is 0.552. The molecule has 0 saturated carbocycles. The van der Waals surface area contributed by atoms with E-state index in [1.165, 1.54) is 0 Å². The molecule has 4 aliphatic rings. The number of primary amides is 1. The highest BCUT2D eigenvalue weighted by atomic mass is 19.4. The molecule has 12 heteroatoms. The summed E-state index contributed by atoms with van der Waals surface area (Å²) in [6.07, 6.45) is -2.13. The Bertz CT molecular complexity index is 1390. The zero-order valence-corrected chi connectivity index (χ0v) is 22.6. The van der Waals surface area contributed by atoms with Crippen molar-refractivity contribution in [3.05, 3.63) is 51.0 Å². The molecule has 9 nitrogen and oxygen atoms in total. The molecule has 1 amide bonds. The van der Waals surface area contributed by atoms with E-state index in [1.54, 1.807) is 0 Å². The minimum Gasteiger partial charge on any atom is -0.511 e. The first-order valence-electron chi connectivity index (χ1n) is 13.8. The largest absolute Gasteiger partial charge is 0.511 e. The van der Waals surface area contributed by atoms with E-state index in [2.05, 4.69) is 6.92 Å². The first-order valence-corrected chi connectivity index (χ1v) is 13.8. The van der Waals surface area contributed by atoms with Gasteiger partial charge in [0, 0.05) is 24.5 Å². The highest BCUT2D eigenvalue weighted by molar-refractivity contribution is 6.24. The molecule has 0 aromatic heterocycles. The number of phenolic OH excluding ortho intramolecular Hbond substituents is 1. The van der Waals surface area contributed by atoms with E-state index in [0.717, 1.165) is 31.7 Å². The number of phenols is 1. The molecule has 1 aliphatic heterocycles. The van der Waals surface area contributed by atoms with Gasteiger partial charge in [-0.3, -0.25) is 19.3 Å². The number of alkyl halides is 3. The monoisotopic (exact) mass is 578 g/mol. The maximum absolute atomic E-state index is 14.6. The fourth-order valence-electron chi connectivity index (χ4n) is 7.32. The molecule has 0 spiro atoms. The summed E-state index contributed by atoms with van der Waals surface area (Å²) < 4.78 is 43.9. The Labute approximate surface area is 234 Å². The van der Waals surface area contributed by atoms with Crippen LogP contribution < -0.4 is 5.73 Å². The molecule has 1 aromatic carbocycles. The van der Waals surface area contributed by atoms with Gasteiger partial charge in [0.2, 0.25) is 5.78 Å². The van der Waals surface area contributed by atoms with E-state index in [9.17, 15) is 48.0 Å². The van der Waals surface area contributed by atoms with Gasteiger partial charge in [-0.25, -0.2) is 0 Å². The van der Waals surface area contributed by atoms with E-state index in [0.29, 0.717) is 19.0 Å². The number of fused-ring (bicyclic) bond motifs is 3. The SMILES string of the molecule is CCCC1CCN(Cc2cc(O)c3c(c2C(F)(F)F)CC2C[C@H]4CC(O)=C(C(N)=O)C(=O)[C@@]4(O)C(O)=C2C3=O)CC1. The molecule has 0 radical (unpaired) electrons. The smallest absolute Gasteiger partial charge is 0.417 e. The van der Waals surface area contributed by atoms with Crippen molar-refractivity contribution in [1.29, 1.82) is 0 Å². The number of ketones is 2. The lowest BCUT2D eigenvalue weighted by Crippen LogP contribution is -2.57. The minimum atomic E-state index is -4.86. The molecule has 0 bridgehead atoms. The van der Waals surface area contributed by atoms with Gasteiger partial charge < -0.3 is 26.2 Å². The maximum Gasteiger partial charge on any atom is 0.417 e. The molecular formula is C29H33F3N2O7. The summed E-state index contributed by atoms with van der Waals surface area (Å²) >= 11 is 0. The normalized spacial score (nSPS) is 27.5. The number of amides is 1. The van der Waals surface area contributed by atoms with Crippen LogP contribution in [0, 0.1) is 17.8 Å². The van der Waals surface area contributed by atoms with Gasteiger partial charge in [-0.15, -0.1) is 0 Å². The van der Waals surface area contributed by atoms with Gasteiger partial charge in [0.15, 0.2) is 11.4 Å². The van der Waals surface area contributed by atoms with Crippen LogP contribution in [-0.2, 0) is 28.7 Å². The molecule has 6 N–H and O–H groups in total. The second-order valence-corrected chi connectivity index (χ2v) is 11.7. The average molecular weight is 579 g/mol. The molecular weight excluding hydrogens is 545 g/mol. The number of benzene rings is 1. The number of Topliss-reactive ketones (excluding diaryl/α,β-unsaturated/α-hetero) is 2. The third kappa shape index (κ3) is 4.61. The summed E-state index contributed by atoms with van der Waals surface area (Å²) in [5, 5.41) is 43.5. The Morgan fingerprint density at radius 2 is 1.80 bits per heavy atom. The molecule has 1 saturated heterocycles. The van der Waals surface area contributed by atoms with Crippen molar-refractivity contribution in [2.45, 2.75) is 70.2 Å². The Balaban J connectivity index is 1.57. The van der Waals surface area contributed by atoms with Crippen molar-refractivity contribution >= 4 is 17.5 Å². The quantitative estimate of drug-likeness (QED) is 0.331. The van der Waals surface area contributed by atoms with Crippen LogP contribution in [0.1, 0.15) is 72.5 Å². The number of carbonyl (C=O) groups is 3. The number of aromatic hydroxyl groups is 1. The number of rotatable bonds is 5. The summed E-state index contributed by atoms with van der Waals surface area (Å²) in [6, 6.07) is 0.938. The van der Waals surface area contributed by atoms with E-state index in [-0.39, 0.29) is 18.5 Å². The number of allylic oxidation sites excluding steroid dienone is 2. The van der Waals surface area contributed by atoms with Crippen molar-refractivity contribution in [1.82, 2.24) is 4.90 Å². The van der Waals surface area contributed by atoms with Gasteiger partial charge in [0.05, 0.1) is 11.1 Å². The van der Waals surface area contributed by atoms with Crippen molar-refractivity contribution in [2.75, 3.05) is 13.1 Å². The van der Waals surface area contributed by atoms with Gasteiger partial charge in [0.1, 0.15) is 22.8 Å². The molecule has 3 atom stereocenters. The summed E-state index contributed by atoms with van der Waals surface area (Å²) in [7, 11) is 0. The van der Waals surface area contributed by atoms with Gasteiger partial charge in [0.25, 0.3) is 5.91 Å². The third-order valence-electron chi connectivity index (χ3n) is 9.23. The van der Waals surface area contributed by atoms with Crippen molar-refractivity contribution in [3.8, 4) is 5.75 Å². The number of hydrogen-bond acceptors (Lipinski definition) is 8. The summed E-state index contributed by atoms with van der Waals surface area (Å²) in [5.74, 6) is -8.10. The van der Waals surface area contributed by atoms with Gasteiger partial charge >= 0.3 is 6.18 Å². The van der Waals surface area contributed by atoms with Gasteiger partial charge in [-0.2, -0.15) is 13.2 Å². The average Bonchev–Trinajstić information content (AvgIpc) is 2.86.